The van der Waals surface area contributed by atoms with Gasteiger partial charge in [0.1, 0.15) is 0 Å². The average Bonchev–Trinajstić information content (AvgIpc) is 3.16. The highest BCUT2D eigenvalue weighted by Gasteiger charge is 2.21. The Bertz CT molecular complexity index is 794. The number of fused-ring (bicyclic) bond motifs is 1. The number of nitrogens with zero attached hydrogens (tertiary/aromatic N) is 4. The van der Waals surface area contributed by atoms with E-state index >= 15 is 0 Å². The van der Waals surface area contributed by atoms with Gasteiger partial charge in [0.2, 0.25) is 0 Å². The summed E-state index contributed by atoms with van der Waals surface area (Å²) in [4.78, 5) is 31.9. The number of rotatable bonds is 6. The van der Waals surface area contributed by atoms with E-state index < -0.39 is 11.9 Å². The standard InChI is InChI=1S/C17H24N6O3/c1-11(2)8-22-4-3-5-23-13(9-22)6-12(21-23)7-18-16(24)14-15(17(25)26)20-10-19-14/h6,10-11H,3-5,7-9H2,1-2H3,(H,18,24)(H,19,20)(H,25,26). The van der Waals surface area contributed by atoms with Crippen molar-refractivity contribution in [2.45, 2.75) is 39.9 Å². The lowest BCUT2D eigenvalue weighted by atomic mass is 10.2. The molecule has 0 bridgehead atoms. The van der Waals surface area contributed by atoms with Crippen molar-refractivity contribution in [1.82, 2.24) is 30.0 Å². The monoisotopic (exact) mass is 360 g/mol. The van der Waals surface area contributed by atoms with Crippen LogP contribution in [-0.4, -0.2) is 54.7 Å². The minimum atomic E-state index is -1.22. The van der Waals surface area contributed by atoms with Crippen molar-refractivity contribution < 1.29 is 14.7 Å². The molecule has 1 amide bonds. The molecule has 0 fully saturated rings. The van der Waals surface area contributed by atoms with Crippen LogP contribution in [0.3, 0.4) is 0 Å². The maximum Gasteiger partial charge on any atom is 0.354 e. The maximum absolute atomic E-state index is 12.2. The maximum atomic E-state index is 12.2. The van der Waals surface area contributed by atoms with Crippen molar-refractivity contribution in [1.29, 1.82) is 0 Å². The Morgan fingerprint density at radius 2 is 2.19 bits per heavy atom. The van der Waals surface area contributed by atoms with Crippen LogP contribution in [0.5, 0.6) is 0 Å². The second kappa shape index (κ2) is 7.69. The highest BCUT2D eigenvalue weighted by atomic mass is 16.4. The Labute approximate surface area is 151 Å². The van der Waals surface area contributed by atoms with E-state index in [-0.39, 0.29) is 17.9 Å². The van der Waals surface area contributed by atoms with Crippen LogP contribution in [0, 0.1) is 5.92 Å². The van der Waals surface area contributed by atoms with Gasteiger partial charge in [0.25, 0.3) is 5.91 Å². The van der Waals surface area contributed by atoms with E-state index in [4.69, 9.17) is 5.11 Å². The van der Waals surface area contributed by atoms with Gasteiger partial charge in [0.15, 0.2) is 11.4 Å². The molecular weight excluding hydrogens is 336 g/mol. The van der Waals surface area contributed by atoms with Gasteiger partial charge in [0, 0.05) is 26.2 Å². The van der Waals surface area contributed by atoms with Crippen LogP contribution in [0.15, 0.2) is 12.4 Å². The molecule has 9 nitrogen and oxygen atoms in total. The molecule has 0 unspecified atom stereocenters. The minimum absolute atomic E-state index is 0.124. The van der Waals surface area contributed by atoms with Gasteiger partial charge in [-0.05, 0) is 18.4 Å². The van der Waals surface area contributed by atoms with Gasteiger partial charge in [-0.15, -0.1) is 0 Å². The van der Waals surface area contributed by atoms with Gasteiger partial charge in [-0.2, -0.15) is 5.10 Å². The summed E-state index contributed by atoms with van der Waals surface area (Å²) in [5.74, 6) is -1.14. The van der Waals surface area contributed by atoms with Crippen molar-refractivity contribution in [3.63, 3.8) is 0 Å². The number of amides is 1. The number of hydrogen-bond donors (Lipinski definition) is 3. The number of imidazole rings is 1. The topological polar surface area (TPSA) is 116 Å². The fraction of sp³-hybridized carbons (Fsp3) is 0.529. The lowest BCUT2D eigenvalue weighted by Gasteiger charge is -2.21. The molecule has 1 aliphatic heterocycles. The third kappa shape index (κ3) is 4.10. The summed E-state index contributed by atoms with van der Waals surface area (Å²) in [6, 6.07) is 2.00. The number of nitrogens with one attached hydrogen (secondary N) is 2. The Morgan fingerprint density at radius 3 is 2.92 bits per heavy atom. The first-order valence-corrected chi connectivity index (χ1v) is 8.77. The van der Waals surface area contributed by atoms with Crippen molar-refractivity contribution in [3.8, 4) is 0 Å². The van der Waals surface area contributed by atoms with Crippen molar-refractivity contribution in [3.05, 3.63) is 35.2 Å². The molecule has 3 rings (SSSR count). The molecule has 0 atom stereocenters. The zero-order chi connectivity index (χ0) is 18.7. The number of carbonyl (C=O) groups is 2. The molecule has 140 valence electrons. The van der Waals surface area contributed by atoms with E-state index in [0.717, 1.165) is 44.0 Å². The highest BCUT2D eigenvalue weighted by molar-refractivity contribution is 6.02. The van der Waals surface area contributed by atoms with Gasteiger partial charge >= 0.3 is 5.97 Å². The molecule has 3 heterocycles. The second-order valence-electron chi connectivity index (χ2n) is 6.95. The summed E-state index contributed by atoms with van der Waals surface area (Å²) in [7, 11) is 0. The predicted octanol–water partition coefficient (Wildman–Crippen LogP) is 1.10. The average molecular weight is 360 g/mol. The third-order valence-corrected chi connectivity index (χ3v) is 4.27. The minimum Gasteiger partial charge on any atom is -0.477 e. The lowest BCUT2D eigenvalue weighted by Crippen LogP contribution is -2.27. The largest absolute Gasteiger partial charge is 0.477 e. The Balaban J connectivity index is 1.64. The number of H-pyrrole nitrogens is 1. The zero-order valence-electron chi connectivity index (χ0n) is 15.0. The number of aromatic nitrogens is 4. The second-order valence-corrected chi connectivity index (χ2v) is 6.95. The van der Waals surface area contributed by atoms with E-state index in [1.165, 1.54) is 6.33 Å². The van der Waals surface area contributed by atoms with E-state index in [0.29, 0.717) is 5.92 Å². The molecular formula is C17H24N6O3. The number of aromatic carboxylic acids is 1. The molecule has 3 N–H and O–H groups in total. The van der Waals surface area contributed by atoms with Crippen molar-refractivity contribution in [2.24, 2.45) is 5.92 Å². The molecule has 2 aromatic heterocycles. The highest BCUT2D eigenvalue weighted by Crippen LogP contribution is 2.15. The zero-order valence-corrected chi connectivity index (χ0v) is 15.0. The van der Waals surface area contributed by atoms with Crippen molar-refractivity contribution >= 4 is 11.9 Å². The fourth-order valence-corrected chi connectivity index (χ4v) is 3.23. The SMILES string of the molecule is CC(C)CN1CCCn2nc(CNC(=O)c3nc[nH]c3C(=O)O)cc2C1. The summed E-state index contributed by atoms with van der Waals surface area (Å²) in [5, 5.41) is 16.3. The van der Waals surface area contributed by atoms with Crippen LogP contribution in [0.25, 0.3) is 0 Å². The molecule has 0 spiro atoms. The van der Waals surface area contributed by atoms with Crippen LogP contribution in [0.2, 0.25) is 0 Å². The number of carboxylic acids is 1. The Kier molecular flexibility index (Phi) is 5.36. The van der Waals surface area contributed by atoms with Gasteiger partial charge in [0.05, 0.1) is 24.3 Å². The molecule has 0 aliphatic carbocycles. The van der Waals surface area contributed by atoms with Gasteiger partial charge in [-0.1, -0.05) is 13.8 Å². The van der Waals surface area contributed by atoms with Gasteiger partial charge in [-0.3, -0.25) is 14.4 Å². The quantitative estimate of drug-likeness (QED) is 0.710. The lowest BCUT2D eigenvalue weighted by molar-refractivity contribution is 0.0685. The summed E-state index contributed by atoms with van der Waals surface area (Å²) in [6.07, 6.45) is 2.24. The molecule has 1 aliphatic rings. The predicted molar refractivity (Wildman–Crippen MR) is 93.7 cm³/mol. The molecule has 0 saturated carbocycles. The van der Waals surface area contributed by atoms with Gasteiger partial charge < -0.3 is 15.4 Å². The van der Waals surface area contributed by atoms with Crippen LogP contribution in [-0.2, 0) is 19.6 Å². The van der Waals surface area contributed by atoms with Crippen LogP contribution >= 0.6 is 0 Å². The molecule has 0 saturated heterocycles. The number of carboxylic acid groups (broad SMARTS) is 1. The number of carbonyl (C=O) groups excluding carboxylic acids is 1. The fourth-order valence-electron chi connectivity index (χ4n) is 3.23. The van der Waals surface area contributed by atoms with E-state index in [2.05, 4.69) is 39.1 Å². The summed E-state index contributed by atoms with van der Waals surface area (Å²) < 4.78 is 2.00. The molecule has 9 heteroatoms. The molecule has 26 heavy (non-hydrogen) atoms. The summed E-state index contributed by atoms with van der Waals surface area (Å²) in [5.41, 5.74) is 1.55. The molecule has 0 radical (unpaired) electrons. The van der Waals surface area contributed by atoms with Crippen LogP contribution in [0.4, 0.5) is 0 Å². The van der Waals surface area contributed by atoms with E-state index in [9.17, 15) is 9.59 Å². The molecule has 0 aromatic carbocycles. The smallest absolute Gasteiger partial charge is 0.354 e. The van der Waals surface area contributed by atoms with Gasteiger partial charge in [-0.25, -0.2) is 9.78 Å². The number of hydrogen-bond acceptors (Lipinski definition) is 5. The number of aryl methyl sites for hydroxylation is 1. The Hall–Kier alpha value is -2.68. The number of aromatic amines is 1. The summed E-state index contributed by atoms with van der Waals surface area (Å²) in [6.45, 7) is 8.48. The van der Waals surface area contributed by atoms with Crippen LogP contribution in [0.1, 0.15) is 52.6 Å². The normalized spacial score (nSPS) is 14.9. The molecule has 2 aromatic rings. The third-order valence-electron chi connectivity index (χ3n) is 4.27. The first-order valence-electron chi connectivity index (χ1n) is 8.77. The Morgan fingerprint density at radius 1 is 1.38 bits per heavy atom. The first kappa shape index (κ1) is 18.1. The van der Waals surface area contributed by atoms with Crippen molar-refractivity contribution in [2.75, 3.05) is 13.1 Å². The van der Waals surface area contributed by atoms with E-state index in [1.54, 1.807) is 0 Å². The summed E-state index contributed by atoms with van der Waals surface area (Å²) >= 11 is 0. The van der Waals surface area contributed by atoms with Crippen LogP contribution < -0.4 is 5.32 Å². The van der Waals surface area contributed by atoms with E-state index in [1.807, 2.05) is 10.7 Å². The first-order chi connectivity index (χ1) is 12.4.